The van der Waals surface area contributed by atoms with Crippen molar-refractivity contribution in [2.24, 2.45) is 5.92 Å². The molecule has 0 aliphatic carbocycles. The van der Waals surface area contributed by atoms with Gasteiger partial charge in [0.05, 0.1) is 6.54 Å². The average molecular weight is 233 g/mol. The van der Waals surface area contributed by atoms with Crippen molar-refractivity contribution >= 4 is 5.91 Å². The van der Waals surface area contributed by atoms with Crippen LogP contribution in [0.2, 0.25) is 0 Å². The molecule has 1 aromatic rings. The Morgan fingerprint density at radius 1 is 1.41 bits per heavy atom. The van der Waals surface area contributed by atoms with Crippen LogP contribution in [0.5, 0.6) is 5.75 Å². The maximum atomic E-state index is 12.0. The van der Waals surface area contributed by atoms with Crippen molar-refractivity contribution in [3.05, 3.63) is 29.8 Å². The largest absolute Gasteiger partial charge is 0.491 e. The first-order chi connectivity index (χ1) is 8.16. The standard InChI is InChI=1S/C14H19NO2/c1-11(2)9-14(16)15-7-8-17-13-6-4-3-5-12(13)10-15/h3-6,11H,7-10H2,1-2H3. The fraction of sp³-hybridized carbons (Fsp3) is 0.500. The van der Waals surface area contributed by atoms with E-state index in [1.54, 1.807) is 0 Å². The van der Waals surface area contributed by atoms with Gasteiger partial charge in [-0.05, 0) is 12.0 Å². The third-order valence-corrected chi connectivity index (χ3v) is 2.89. The first-order valence-corrected chi connectivity index (χ1v) is 6.15. The van der Waals surface area contributed by atoms with Gasteiger partial charge in [0.15, 0.2) is 0 Å². The summed E-state index contributed by atoms with van der Waals surface area (Å²) in [7, 11) is 0. The number of hydrogen-bond donors (Lipinski definition) is 0. The number of rotatable bonds is 2. The number of fused-ring (bicyclic) bond motifs is 1. The van der Waals surface area contributed by atoms with Crippen LogP contribution >= 0.6 is 0 Å². The lowest BCUT2D eigenvalue weighted by Gasteiger charge is -2.20. The van der Waals surface area contributed by atoms with Gasteiger partial charge < -0.3 is 9.64 Å². The van der Waals surface area contributed by atoms with E-state index in [9.17, 15) is 4.79 Å². The SMILES string of the molecule is CC(C)CC(=O)N1CCOc2ccccc2C1. The number of para-hydroxylation sites is 1. The van der Waals surface area contributed by atoms with Crippen LogP contribution < -0.4 is 4.74 Å². The lowest BCUT2D eigenvalue weighted by atomic mass is 10.1. The van der Waals surface area contributed by atoms with Gasteiger partial charge in [-0.25, -0.2) is 0 Å². The van der Waals surface area contributed by atoms with Crippen LogP contribution in [0.3, 0.4) is 0 Å². The second kappa shape index (κ2) is 5.21. The van der Waals surface area contributed by atoms with Gasteiger partial charge in [0.1, 0.15) is 12.4 Å². The zero-order valence-corrected chi connectivity index (χ0v) is 10.5. The van der Waals surface area contributed by atoms with Crippen LogP contribution in [0.25, 0.3) is 0 Å². The van der Waals surface area contributed by atoms with Crippen molar-refractivity contribution in [1.82, 2.24) is 4.90 Å². The van der Waals surface area contributed by atoms with Crippen LogP contribution in [0.1, 0.15) is 25.8 Å². The fourth-order valence-electron chi connectivity index (χ4n) is 2.02. The predicted octanol–water partition coefficient (Wildman–Crippen LogP) is 2.45. The molecule has 0 aromatic heterocycles. The summed E-state index contributed by atoms with van der Waals surface area (Å²) in [6.45, 7) is 6.07. The average Bonchev–Trinajstić information content (AvgIpc) is 2.49. The molecule has 3 heteroatoms. The Kier molecular flexibility index (Phi) is 3.67. The third kappa shape index (κ3) is 2.99. The quantitative estimate of drug-likeness (QED) is 0.785. The Morgan fingerprint density at radius 2 is 2.18 bits per heavy atom. The summed E-state index contributed by atoms with van der Waals surface area (Å²) >= 11 is 0. The molecule has 1 aliphatic rings. The molecule has 0 N–H and O–H groups in total. The molecule has 3 nitrogen and oxygen atoms in total. The van der Waals surface area contributed by atoms with Gasteiger partial charge in [0, 0.05) is 18.5 Å². The van der Waals surface area contributed by atoms with Gasteiger partial charge >= 0.3 is 0 Å². The molecule has 2 rings (SSSR count). The lowest BCUT2D eigenvalue weighted by molar-refractivity contribution is -0.132. The predicted molar refractivity (Wildman–Crippen MR) is 66.8 cm³/mol. The zero-order chi connectivity index (χ0) is 12.3. The van der Waals surface area contributed by atoms with Gasteiger partial charge in [-0.2, -0.15) is 0 Å². The zero-order valence-electron chi connectivity index (χ0n) is 10.5. The van der Waals surface area contributed by atoms with Crippen molar-refractivity contribution in [2.75, 3.05) is 13.2 Å². The highest BCUT2D eigenvalue weighted by Crippen LogP contribution is 2.23. The monoisotopic (exact) mass is 233 g/mol. The van der Waals surface area contributed by atoms with Crippen LogP contribution in [-0.4, -0.2) is 24.0 Å². The van der Waals surface area contributed by atoms with E-state index in [4.69, 9.17) is 4.74 Å². The van der Waals surface area contributed by atoms with Crippen molar-refractivity contribution in [3.63, 3.8) is 0 Å². The summed E-state index contributed by atoms with van der Waals surface area (Å²) in [5.74, 6) is 1.54. The van der Waals surface area contributed by atoms with E-state index < -0.39 is 0 Å². The summed E-state index contributed by atoms with van der Waals surface area (Å²) in [4.78, 5) is 13.9. The van der Waals surface area contributed by atoms with E-state index in [2.05, 4.69) is 13.8 Å². The van der Waals surface area contributed by atoms with Crippen molar-refractivity contribution < 1.29 is 9.53 Å². The minimum Gasteiger partial charge on any atom is -0.491 e. The Hall–Kier alpha value is -1.51. The molecule has 1 aromatic carbocycles. The minimum absolute atomic E-state index is 0.223. The molecular formula is C14H19NO2. The van der Waals surface area contributed by atoms with E-state index in [0.29, 0.717) is 32.0 Å². The number of hydrogen-bond acceptors (Lipinski definition) is 2. The van der Waals surface area contributed by atoms with Gasteiger partial charge in [-0.1, -0.05) is 32.0 Å². The second-order valence-corrected chi connectivity index (χ2v) is 4.87. The number of benzene rings is 1. The molecule has 0 saturated carbocycles. The Balaban J connectivity index is 2.10. The molecule has 0 bridgehead atoms. The van der Waals surface area contributed by atoms with E-state index in [0.717, 1.165) is 11.3 Å². The molecule has 0 fully saturated rings. The van der Waals surface area contributed by atoms with Gasteiger partial charge in [0.2, 0.25) is 5.91 Å². The van der Waals surface area contributed by atoms with Crippen LogP contribution in [0.15, 0.2) is 24.3 Å². The molecular weight excluding hydrogens is 214 g/mol. The van der Waals surface area contributed by atoms with E-state index >= 15 is 0 Å². The highest BCUT2D eigenvalue weighted by Gasteiger charge is 2.19. The molecule has 0 atom stereocenters. The second-order valence-electron chi connectivity index (χ2n) is 4.87. The highest BCUT2D eigenvalue weighted by molar-refractivity contribution is 5.76. The fourth-order valence-corrected chi connectivity index (χ4v) is 2.02. The van der Waals surface area contributed by atoms with Crippen LogP contribution in [-0.2, 0) is 11.3 Å². The summed E-state index contributed by atoms with van der Waals surface area (Å²) < 4.78 is 5.64. The van der Waals surface area contributed by atoms with Gasteiger partial charge in [0.25, 0.3) is 0 Å². The molecule has 1 heterocycles. The Morgan fingerprint density at radius 3 is 2.94 bits per heavy atom. The number of carbonyl (C=O) groups excluding carboxylic acids is 1. The summed E-state index contributed by atoms with van der Waals surface area (Å²) in [5, 5.41) is 0. The van der Waals surface area contributed by atoms with Gasteiger partial charge in [-0.3, -0.25) is 4.79 Å². The third-order valence-electron chi connectivity index (χ3n) is 2.89. The molecule has 92 valence electrons. The smallest absolute Gasteiger partial charge is 0.223 e. The van der Waals surface area contributed by atoms with Crippen molar-refractivity contribution in [3.8, 4) is 5.75 Å². The van der Waals surface area contributed by atoms with E-state index in [-0.39, 0.29) is 5.91 Å². The lowest BCUT2D eigenvalue weighted by Crippen LogP contribution is -2.33. The molecule has 0 saturated heterocycles. The minimum atomic E-state index is 0.223. The summed E-state index contributed by atoms with van der Waals surface area (Å²) in [6.07, 6.45) is 0.613. The molecule has 1 amide bonds. The number of carbonyl (C=O) groups is 1. The number of amides is 1. The van der Waals surface area contributed by atoms with E-state index in [1.807, 2.05) is 29.2 Å². The molecule has 17 heavy (non-hydrogen) atoms. The molecule has 0 unspecified atom stereocenters. The normalized spacial score (nSPS) is 15.1. The number of ether oxygens (including phenoxy) is 1. The first-order valence-electron chi connectivity index (χ1n) is 6.15. The molecule has 0 radical (unpaired) electrons. The summed E-state index contributed by atoms with van der Waals surface area (Å²) in [5.41, 5.74) is 1.10. The molecule has 1 aliphatic heterocycles. The topological polar surface area (TPSA) is 29.5 Å². The van der Waals surface area contributed by atoms with Crippen LogP contribution in [0, 0.1) is 5.92 Å². The van der Waals surface area contributed by atoms with E-state index in [1.165, 1.54) is 0 Å². The highest BCUT2D eigenvalue weighted by atomic mass is 16.5. The number of nitrogens with zero attached hydrogens (tertiary/aromatic N) is 1. The van der Waals surface area contributed by atoms with Crippen molar-refractivity contribution in [1.29, 1.82) is 0 Å². The Bertz CT molecular complexity index is 401. The maximum absolute atomic E-state index is 12.0. The van der Waals surface area contributed by atoms with Crippen LogP contribution in [0.4, 0.5) is 0 Å². The Labute approximate surface area is 102 Å². The maximum Gasteiger partial charge on any atom is 0.223 e. The van der Waals surface area contributed by atoms with Gasteiger partial charge in [-0.15, -0.1) is 0 Å². The first kappa shape index (κ1) is 12.0. The summed E-state index contributed by atoms with van der Waals surface area (Å²) in [6, 6.07) is 7.94. The van der Waals surface area contributed by atoms with Crippen molar-refractivity contribution in [2.45, 2.75) is 26.8 Å². The molecule has 0 spiro atoms.